The lowest BCUT2D eigenvalue weighted by atomic mass is 10.1. The highest BCUT2D eigenvalue weighted by Crippen LogP contribution is 2.03. The van der Waals surface area contributed by atoms with E-state index in [1.54, 1.807) is 4.90 Å². The van der Waals surface area contributed by atoms with Crippen molar-refractivity contribution >= 4 is 0 Å². The summed E-state index contributed by atoms with van der Waals surface area (Å²) < 4.78 is 0. The van der Waals surface area contributed by atoms with E-state index in [0.29, 0.717) is 0 Å². The zero-order valence-corrected chi connectivity index (χ0v) is 13.2. The van der Waals surface area contributed by atoms with Crippen molar-refractivity contribution in [2.75, 3.05) is 20.1 Å². The summed E-state index contributed by atoms with van der Waals surface area (Å²) in [6.07, 6.45) is 12.8. The fraction of sp³-hybridized carbons (Fsp3) is 1.00. The molecule has 1 atom stereocenters. The summed E-state index contributed by atoms with van der Waals surface area (Å²) in [4.78, 5) is 1.74. The molecule has 2 heteroatoms. The largest absolute Gasteiger partial charge is 1.00 e. The highest BCUT2D eigenvalue weighted by Gasteiger charge is 2.00. The summed E-state index contributed by atoms with van der Waals surface area (Å²) in [7, 11) is 2.35. The molecule has 0 aliphatic rings. The molecule has 0 fully saturated rings. The number of halogens is 1. The van der Waals surface area contributed by atoms with Crippen LogP contribution in [0.15, 0.2) is 0 Å². The molecule has 0 radical (unpaired) electrons. The first-order valence-corrected chi connectivity index (χ1v) is 7.12. The Morgan fingerprint density at radius 2 is 1.00 bits per heavy atom. The Kier molecular flexibility index (Phi) is 18.1. The summed E-state index contributed by atoms with van der Waals surface area (Å²) in [6, 6.07) is 0. The van der Waals surface area contributed by atoms with Gasteiger partial charge in [-0.3, -0.25) is 0 Å². The second-order valence-electron chi connectivity index (χ2n) is 4.93. The zero-order valence-electron chi connectivity index (χ0n) is 11.7. The molecule has 0 saturated heterocycles. The lowest BCUT2D eigenvalue weighted by molar-refractivity contribution is -0.880. The topological polar surface area (TPSA) is 4.44 Å². The molecule has 0 bridgehead atoms. The van der Waals surface area contributed by atoms with Crippen molar-refractivity contribution in [1.29, 1.82) is 0 Å². The van der Waals surface area contributed by atoms with E-state index in [9.17, 15) is 0 Å². The third kappa shape index (κ3) is 14.4. The smallest absolute Gasteiger partial charge is 0.0768 e. The molecule has 0 amide bonds. The van der Waals surface area contributed by atoms with Gasteiger partial charge in [0.2, 0.25) is 0 Å². The number of hydrogen-bond acceptors (Lipinski definition) is 0. The van der Waals surface area contributed by atoms with E-state index in [4.69, 9.17) is 0 Å². The normalized spacial score (nSPS) is 12.2. The van der Waals surface area contributed by atoms with Crippen LogP contribution < -0.4 is 21.9 Å². The van der Waals surface area contributed by atoms with Crippen LogP contribution in [-0.2, 0) is 0 Å². The number of hydrogen-bond donors (Lipinski definition) is 1. The second-order valence-corrected chi connectivity index (χ2v) is 4.93. The van der Waals surface area contributed by atoms with Gasteiger partial charge in [0.05, 0.1) is 20.1 Å². The van der Waals surface area contributed by atoms with Gasteiger partial charge < -0.3 is 21.9 Å². The maximum absolute atomic E-state index is 2.35. The summed E-state index contributed by atoms with van der Waals surface area (Å²) in [5, 5.41) is 0. The van der Waals surface area contributed by atoms with Gasteiger partial charge >= 0.3 is 0 Å². The highest BCUT2D eigenvalue weighted by molar-refractivity contribution is 4.42. The van der Waals surface area contributed by atoms with Crippen molar-refractivity contribution in [2.24, 2.45) is 0 Å². The highest BCUT2D eigenvalue weighted by atomic mass is 79.9. The van der Waals surface area contributed by atoms with Crippen LogP contribution in [0.5, 0.6) is 0 Å². The third-order valence-corrected chi connectivity index (χ3v) is 3.16. The average molecular weight is 294 g/mol. The molecule has 0 aromatic carbocycles. The van der Waals surface area contributed by atoms with Crippen molar-refractivity contribution in [3.8, 4) is 0 Å². The van der Waals surface area contributed by atoms with Crippen LogP contribution in [0.3, 0.4) is 0 Å². The molecular weight excluding hydrogens is 262 g/mol. The number of rotatable bonds is 11. The lowest BCUT2D eigenvalue weighted by Crippen LogP contribution is -3.09. The van der Waals surface area contributed by atoms with E-state index >= 15 is 0 Å². The molecule has 1 unspecified atom stereocenters. The number of nitrogens with one attached hydrogen (secondary N) is 1. The van der Waals surface area contributed by atoms with Gasteiger partial charge in [-0.05, 0) is 25.7 Å². The minimum atomic E-state index is 0. The monoisotopic (exact) mass is 293 g/mol. The predicted molar refractivity (Wildman–Crippen MR) is 69.5 cm³/mol. The first kappa shape index (κ1) is 18.8. The van der Waals surface area contributed by atoms with Gasteiger partial charge in [0.15, 0.2) is 0 Å². The molecule has 0 saturated carbocycles. The Morgan fingerprint density at radius 1 is 0.625 bits per heavy atom. The molecule has 100 valence electrons. The van der Waals surface area contributed by atoms with Gasteiger partial charge in [-0.1, -0.05) is 46.0 Å². The van der Waals surface area contributed by atoms with E-state index in [1.807, 2.05) is 0 Å². The van der Waals surface area contributed by atoms with E-state index in [0.717, 1.165) is 0 Å². The number of quaternary nitrogens is 1. The van der Waals surface area contributed by atoms with Crippen LogP contribution in [-0.4, -0.2) is 20.1 Å². The standard InChI is InChI=1S/C14H31N.BrH/c1-4-6-8-9-10-12-14-15(3)13-11-7-5-2;/h4-14H2,1-3H3;1H. The molecule has 1 nitrogen and oxygen atoms in total. The van der Waals surface area contributed by atoms with E-state index in [1.165, 1.54) is 70.9 Å². The Bertz CT molecular complexity index is 117. The van der Waals surface area contributed by atoms with Gasteiger partial charge in [-0.2, -0.15) is 0 Å². The molecule has 0 aromatic rings. The van der Waals surface area contributed by atoms with Crippen LogP contribution in [0.25, 0.3) is 0 Å². The number of unbranched alkanes of at least 4 members (excludes halogenated alkanes) is 7. The maximum Gasteiger partial charge on any atom is 0.0768 e. The molecular formula is C14H32BrN. The second kappa shape index (κ2) is 15.4. The van der Waals surface area contributed by atoms with Crippen LogP contribution in [0.4, 0.5) is 0 Å². The average Bonchev–Trinajstić information content (AvgIpc) is 2.23. The lowest BCUT2D eigenvalue weighted by Gasteiger charge is -2.13. The van der Waals surface area contributed by atoms with E-state index in [-0.39, 0.29) is 17.0 Å². The molecule has 0 spiro atoms. The summed E-state index contributed by atoms with van der Waals surface area (Å²) in [5.41, 5.74) is 0. The van der Waals surface area contributed by atoms with Crippen molar-refractivity contribution in [1.82, 2.24) is 0 Å². The minimum Gasteiger partial charge on any atom is -1.00 e. The maximum atomic E-state index is 2.35. The summed E-state index contributed by atoms with van der Waals surface area (Å²) >= 11 is 0. The molecule has 0 heterocycles. The summed E-state index contributed by atoms with van der Waals surface area (Å²) in [5.74, 6) is 0. The summed E-state index contributed by atoms with van der Waals surface area (Å²) in [6.45, 7) is 7.33. The van der Waals surface area contributed by atoms with Gasteiger partial charge in [0.1, 0.15) is 0 Å². The molecule has 0 aromatic heterocycles. The molecule has 0 aliphatic heterocycles. The Morgan fingerprint density at radius 3 is 1.56 bits per heavy atom. The SMILES string of the molecule is CCCCCCCC[NH+](C)CCCCC.[Br-]. The Hall–Kier alpha value is 0.440. The fourth-order valence-electron chi connectivity index (χ4n) is 2.01. The van der Waals surface area contributed by atoms with Crippen molar-refractivity contribution in [2.45, 2.75) is 71.6 Å². The first-order valence-electron chi connectivity index (χ1n) is 7.12. The molecule has 0 rings (SSSR count). The Balaban J connectivity index is 0. The molecule has 0 aliphatic carbocycles. The van der Waals surface area contributed by atoms with E-state index in [2.05, 4.69) is 20.9 Å². The van der Waals surface area contributed by atoms with Crippen LogP contribution >= 0.6 is 0 Å². The predicted octanol–water partition coefficient (Wildman–Crippen LogP) is 0.0558. The van der Waals surface area contributed by atoms with Gasteiger partial charge in [-0.15, -0.1) is 0 Å². The zero-order chi connectivity index (χ0) is 11.4. The molecule has 1 N–H and O–H groups in total. The molecule has 16 heavy (non-hydrogen) atoms. The van der Waals surface area contributed by atoms with Gasteiger partial charge in [0.25, 0.3) is 0 Å². The van der Waals surface area contributed by atoms with E-state index < -0.39 is 0 Å². The van der Waals surface area contributed by atoms with Gasteiger partial charge in [-0.25, -0.2) is 0 Å². The van der Waals surface area contributed by atoms with Crippen LogP contribution in [0, 0.1) is 0 Å². The minimum absolute atomic E-state index is 0. The van der Waals surface area contributed by atoms with Crippen molar-refractivity contribution < 1.29 is 21.9 Å². The van der Waals surface area contributed by atoms with Gasteiger partial charge in [0, 0.05) is 0 Å². The first-order chi connectivity index (χ1) is 7.31. The van der Waals surface area contributed by atoms with Crippen molar-refractivity contribution in [3.63, 3.8) is 0 Å². The quantitative estimate of drug-likeness (QED) is 0.514. The van der Waals surface area contributed by atoms with Crippen LogP contribution in [0.2, 0.25) is 0 Å². The fourth-order valence-corrected chi connectivity index (χ4v) is 2.01. The van der Waals surface area contributed by atoms with Crippen LogP contribution in [0.1, 0.15) is 71.6 Å². The Labute approximate surface area is 114 Å². The third-order valence-electron chi connectivity index (χ3n) is 3.16. The van der Waals surface area contributed by atoms with Crippen molar-refractivity contribution in [3.05, 3.63) is 0 Å².